The van der Waals surface area contributed by atoms with Crippen LogP contribution < -0.4 is 16.4 Å². The first-order chi connectivity index (χ1) is 11.0. The van der Waals surface area contributed by atoms with Gasteiger partial charge in [0.15, 0.2) is 0 Å². The van der Waals surface area contributed by atoms with Crippen molar-refractivity contribution in [3.05, 3.63) is 35.6 Å². The summed E-state index contributed by atoms with van der Waals surface area (Å²) >= 11 is 0. The minimum atomic E-state index is -0.814. The molecule has 0 bridgehead atoms. The summed E-state index contributed by atoms with van der Waals surface area (Å²) in [5, 5.41) is 5.25. The summed E-state index contributed by atoms with van der Waals surface area (Å²) < 4.78 is 19.4. The maximum Gasteiger partial charge on any atom is 0.312 e. The van der Waals surface area contributed by atoms with E-state index in [-0.39, 0.29) is 30.0 Å². The molecule has 1 aliphatic heterocycles. The van der Waals surface area contributed by atoms with Gasteiger partial charge in [-0.25, -0.2) is 9.18 Å². The number of hydrogen-bond acceptors (Lipinski definition) is 3. The third-order valence-electron chi connectivity index (χ3n) is 3.90. The van der Waals surface area contributed by atoms with Crippen LogP contribution in [0, 0.1) is 5.82 Å². The molecule has 2 rings (SSSR count). The molecule has 1 fully saturated rings. The van der Waals surface area contributed by atoms with Gasteiger partial charge in [-0.05, 0) is 25.8 Å². The first-order valence-corrected chi connectivity index (χ1v) is 7.68. The average molecular weight is 323 g/mol. The van der Waals surface area contributed by atoms with E-state index in [1.807, 2.05) is 6.92 Å². The van der Waals surface area contributed by atoms with Crippen LogP contribution in [0.25, 0.3) is 0 Å². The van der Waals surface area contributed by atoms with Crippen molar-refractivity contribution in [2.75, 3.05) is 6.61 Å². The van der Waals surface area contributed by atoms with Crippen LogP contribution in [0.5, 0.6) is 0 Å². The Morgan fingerprint density at radius 3 is 2.74 bits per heavy atom. The molecule has 0 aliphatic carbocycles. The number of benzene rings is 1. The quantitative estimate of drug-likeness (QED) is 0.742. The van der Waals surface area contributed by atoms with Gasteiger partial charge < -0.3 is 21.1 Å². The number of nitrogens with two attached hydrogens (primary N) is 1. The van der Waals surface area contributed by atoms with E-state index in [2.05, 4.69) is 10.6 Å². The highest BCUT2D eigenvalue weighted by Gasteiger charge is 2.26. The zero-order valence-corrected chi connectivity index (χ0v) is 13.0. The van der Waals surface area contributed by atoms with Crippen molar-refractivity contribution in [1.82, 2.24) is 10.6 Å². The normalized spacial score (nSPS) is 19.8. The van der Waals surface area contributed by atoms with Crippen molar-refractivity contribution in [1.29, 1.82) is 0 Å². The van der Waals surface area contributed by atoms with Gasteiger partial charge in [0.1, 0.15) is 5.82 Å². The van der Waals surface area contributed by atoms with Crippen LogP contribution in [0.3, 0.4) is 0 Å². The van der Waals surface area contributed by atoms with Gasteiger partial charge >= 0.3 is 6.03 Å². The Kier molecular flexibility index (Phi) is 5.92. The predicted molar refractivity (Wildman–Crippen MR) is 83.1 cm³/mol. The molecular weight excluding hydrogens is 301 g/mol. The largest absolute Gasteiger partial charge is 0.376 e. The van der Waals surface area contributed by atoms with Crippen molar-refractivity contribution >= 4 is 11.9 Å². The Morgan fingerprint density at radius 2 is 2.13 bits per heavy atom. The number of ether oxygens (including phenoxy) is 1. The molecule has 0 aromatic heterocycles. The Bertz CT molecular complexity index is 561. The minimum Gasteiger partial charge on any atom is -0.376 e. The zero-order valence-electron chi connectivity index (χ0n) is 13.0. The fourth-order valence-electron chi connectivity index (χ4n) is 2.76. The fraction of sp³-hybridized carbons (Fsp3) is 0.500. The van der Waals surface area contributed by atoms with Gasteiger partial charge in [0, 0.05) is 12.2 Å². The van der Waals surface area contributed by atoms with Gasteiger partial charge in [0.2, 0.25) is 5.91 Å². The van der Waals surface area contributed by atoms with E-state index in [0.29, 0.717) is 6.61 Å². The van der Waals surface area contributed by atoms with E-state index in [1.165, 1.54) is 12.1 Å². The number of nitrogens with one attached hydrogen (secondary N) is 2. The molecule has 1 aliphatic rings. The summed E-state index contributed by atoms with van der Waals surface area (Å²) in [5.74, 6) is -0.791. The minimum absolute atomic E-state index is 0.00467. The van der Waals surface area contributed by atoms with Gasteiger partial charge in [-0.1, -0.05) is 18.2 Å². The number of rotatable bonds is 6. The third-order valence-corrected chi connectivity index (χ3v) is 3.90. The first kappa shape index (κ1) is 17.2. The summed E-state index contributed by atoms with van der Waals surface area (Å²) in [6.07, 6.45) is 1.78. The van der Waals surface area contributed by atoms with E-state index in [4.69, 9.17) is 10.5 Å². The number of amides is 3. The highest BCUT2D eigenvalue weighted by Crippen LogP contribution is 2.21. The molecule has 0 radical (unpaired) electrons. The molecule has 3 amide bonds. The highest BCUT2D eigenvalue weighted by atomic mass is 19.1. The molecule has 0 spiro atoms. The maximum absolute atomic E-state index is 13.9. The molecule has 1 aromatic rings. The van der Waals surface area contributed by atoms with Gasteiger partial charge in [-0.15, -0.1) is 0 Å². The average Bonchev–Trinajstić information content (AvgIpc) is 3.00. The molecule has 0 unspecified atom stereocenters. The molecule has 1 saturated heterocycles. The number of carbonyl (C=O) groups is 2. The number of urea groups is 1. The van der Waals surface area contributed by atoms with Crippen molar-refractivity contribution < 1.29 is 18.7 Å². The molecule has 1 aromatic carbocycles. The number of hydrogen-bond donors (Lipinski definition) is 3. The maximum atomic E-state index is 13.9. The summed E-state index contributed by atoms with van der Waals surface area (Å²) in [6, 6.07) is 4.22. The molecule has 7 heteroatoms. The lowest BCUT2D eigenvalue weighted by Gasteiger charge is -2.23. The number of carbonyl (C=O) groups excluding carboxylic acids is 2. The van der Waals surface area contributed by atoms with Crippen molar-refractivity contribution in [2.24, 2.45) is 5.73 Å². The third kappa shape index (κ3) is 4.92. The molecule has 3 atom stereocenters. The van der Waals surface area contributed by atoms with Crippen molar-refractivity contribution in [3.63, 3.8) is 0 Å². The molecule has 23 heavy (non-hydrogen) atoms. The lowest BCUT2D eigenvalue weighted by Crippen LogP contribution is -2.43. The predicted octanol–water partition coefficient (Wildman–Crippen LogP) is 1.61. The molecular formula is C16H22FN3O3. The molecule has 0 saturated carbocycles. The topological polar surface area (TPSA) is 93.5 Å². The number of primary amides is 1. The second-order valence-corrected chi connectivity index (χ2v) is 5.69. The van der Waals surface area contributed by atoms with E-state index in [1.54, 1.807) is 12.1 Å². The highest BCUT2D eigenvalue weighted by molar-refractivity contribution is 5.79. The van der Waals surface area contributed by atoms with Crippen LogP contribution in [-0.2, 0) is 9.53 Å². The van der Waals surface area contributed by atoms with E-state index >= 15 is 0 Å². The second kappa shape index (κ2) is 7.92. The molecule has 1 heterocycles. The Labute approximate surface area is 134 Å². The van der Waals surface area contributed by atoms with Crippen LogP contribution >= 0.6 is 0 Å². The smallest absolute Gasteiger partial charge is 0.312 e. The summed E-state index contributed by atoms with van der Waals surface area (Å²) in [5.41, 5.74) is 5.36. The lowest BCUT2D eigenvalue weighted by molar-refractivity contribution is -0.123. The van der Waals surface area contributed by atoms with Crippen LogP contribution in [0.4, 0.5) is 9.18 Å². The first-order valence-electron chi connectivity index (χ1n) is 7.68. The SMILES string of the molecule is C[C@H](NC(=O)C[C@@H](NC(N)=O)c1ccccc1F)[C@H]1CCCO1. The Morgan fingerprint density at radius 1 is 1.39 bits per heavy atom. The van der Waals surface area contributed by atoms with E-state index in [9.17, 15) is 14.0 Å². The summed E-state index contributed by atoms with van der Waals surface area (Å²) in [7, 11) is 0. The number of halogens is 1. The van der Waals surface area contributed by atoms with Crippen LogP contribution in [-0.4, -0.2) is 30.7 Å². The van der Waals surface area contributed by atoms with Gasteiger partial charge in [0.25, 0.3) is 0 Å². The molecule has 6 nitrogen and oxygen atoms in total. The van der Waals surface area contributed by atoms with Crippen molar-refractivity contribution in [3.8, 4) is 0 Å². The Balaban J connectivity index is 2.01. The molecule has 4 N–H and O–H groups in total. The van der Waals surface area contributed by atoms with Crippen molar-refractivity contribution in [2.45, 2.75) is 44.4 Å². The Hall–Kier alpha value is -2.15. The van der Waals surface area contributed by atoms with Crippen LogP contribution in [0.1, 0.15) is 37.8 Å². The van der Waals surface area contributed by atoms with Gasteiger partial charge in [0.05, 0.1) is 24.6 Å². The zero-order chi connectivity index (χ0) is 16.8. The lowest BCUT2D eigenvalue weighted by atomic mass is 10.0. The van der Waals surface area contributed by atoms with Gasteiger partial charge in [-0.3, -0.25) is 4.79 Å². The fourth-order valence-corrected chi connectivity index (χ4v) is 2.76. The summed E-state index contributed by atoms with van der Waals surface area (Å²) in [6.45, 7) is 2.57. The van der Waals surface area contributed by atoms with Crippen LogP contribution in [0.15, 0.2) is 24.3 Å². The van der Waals surface area contributed by atoms with Gasteiger partial charge in [-0.2, -0.15) is 0 Å². The van der Waals surface area contributed by atoms with Crippen LogP contribution in [0.2, 0.25) is 0 Å². The monoisotopic (exact) mass is 323 g/mol. The molecule has 126 valence electrons. The van der Waals surface area contributed by atoms with E-state index in [0.717, 1.165) is 12.8 Å². The summed E-state index contributed by atoms with van der Waals surface area (Å²) in [4.78, 5) is 23.3. The van der Waals surface area contributed by atoms with E-state index < -0.39 is 17.9 Å². The second-order valence-electron chi connectivity index (χ2n) is 5.69. The standard InChI is InChI=1S/C16H22FN3O3/c1-10(14-7-4-8-23-14)19-15(21)9-13(20-16(18)22)11-5-2-3-6-12(11)17/h2-3,5-6,10,13-14H,4,7-9H2,1H3,(H,19,21)(H3,18,20,22)/t10-,13+,14+/m0/s1.